The number of rotatable bonds is 11. The van der Waals surface area contributed by atoms with Crippen LogP contribution in [0.5, 0.6) is 0 Å². The maximum absolute atomic E-state index is 13.6. The summed E-state index contributed by atoms with van der Waals surface area (Å²) in [6, 6.07) is 8.33. The van der Waals surface area contributed by atoms with Crippen molar-refractivity contribution < 1.29 is 18.0 Å². The SMILES string of the molecule is CCCNC(=O)[C@@H](CC)N(Cc1ccc(Cl)c(Cl)c1)C(=O)CN(c1ccc(Cl)c(Cl)c1)S(C)(=O)=O. The molecule has 12 heteroatoms. The molecular weight excluding hydrogens is 556 g/mol. The Kier molecular flexibility index (Phi) is 11.0. The summed E-state index contributed by atoms with van der Waals surface area (Å²) in [5.41, 5.74) is 0.808. The smallest absolute Gasteiger partial charge is 0.244 e. The predicted octanol–water partition coefficient (Wildman–Crippen LogP) is 5.40. The summed E-state index contributed by atoms with van der Waals surface area (Å²) < 4.78 is 26.1. The topological polar surface area (TPSA) is 86.8 Å². The molecule has 0 aromatic heterocycles. The van der Waals surface area contributed by atoms with Crippen molar-refractivity contribution in [3.63, 3.8) is 0 Å². The van der Waals surface area contributed by atoms with E-state index in [1.54, 1.807) is 25.1 Å². The van der Waals surface area contributed by atoms with E-state index < -0.39 is 28.5 Å². The maximum Gasteiger partial charge on any atom is 0.244 e. The second-order valence-electron chi connectivity index (χ2n) is 7.85. The predicted molar refractivity (Wildman–Crippen MR) is 143 cm³/mol. The summed E-state index contributed by atoms with van der Waals surface area (Å²) >= 11 is 24.2. The first-order valence-corrected chi connectivity index (χ1v) is 14.2. The van der Waals surface area contributed by atoms with E-state index in [0.717, 1.165) is 17.0 Å². The summed E-state index contributed by atoms with van der Waals surface area (Å²) in [6.45, 7) is 3.62. The van der Waals surface area contributed by atoms with E-state index in [1.807, 2.05) is 6.92 Å². The Balaban J connectivity index is 2.46. The number of carbonyl (C=O) groups excluding carboxylic acids is 2. The minimum absolute atomic E-state index is 0.0206. The Morgan fingerprint density at radius 3 is 2.06 bits per heavy atom. The molecule has 1 atom stereocenters. The molecule has 1 N–H and O–H groups in total. The third-order valence-electron chi connectivity index (χ3n) is 5.14. The molecule has 0 heterocycles. The van der Waals surface area contributed by atoms with Gasteiger partial charge in [-0.3, -0.25) is 13.9 Å². The lowest BCUT2D eigenvalue weighted by Crippen LogP contribution is -2.52. The maximum atomic E-state index is 13.6. The summed E-state index contributed by atoms with van der Waals surface area (Å²) in [5, 5.41) is 3.85. The number of nitrogens with zero attached hydrogens (tertiary/aromatic N) is 2. The highest BCUT2D eigenvalue weighted by Gasteiger charge is 2.31. The van der Waals surface area contributed by atoms with Gasteiger partial charge in [-0.05, 0) is 48.7 Å². The lowest BCUT2D eigenvalue weighted by molar-refractivity contribution is -0.140. The summed E-state index contributed by atoms with van der Waals surface area (Å²) in [5.74, 6) is -0.908. The number of carbonyl (C=O) groups is 2. The molecule has 2 aromatic rings. The van der Waals surface area contributed by atoms with Gasteiger partial charge in [0.05, 0.1) is 32.0 Å². The zero-order valence-corrected chi connectivity index (χ0v) is 23.4. The van der Waals surface area contributed by atoms with Crippen LogP contribution in [0.1, 0.15) is 32.3 Å². The number of hydrogen-bond acceptors (Lipinski definition) is 4. The number of hydrogen-bond donors (Lipinski definition) is 1. The van der Waals surface area contributed by atoms with Crippen molar-refractivity contribution in [1.29, 1.82) is 0 Å². The highest BCUT2D eigenvalue weighted by Crippen LogP contribution is 2.29. The largest absolute Gasteiger partial charge is 0.354 e. The van der Waals surface area contributed by atoms with Crippen molar-refractivity contribution in [3.8, 4) is 0 Å². The first-order chi connectivity index (χ1) is 16.4. The van der Waals surface area contributed by atoms with Crippen LogP contribution in [0.4, 0.5) is 5.69 Å². The number of nitrogens with one attached hydrogen (secondary N) is 1. The molecule has 7 nitrogen and oxygen atoms in total. The highest BCUT2D eigenvalue weighted by molar-refractivity contribution is 7.92. The summed E-state index contributed by atoms with van der Waals surface area (Å²) in [7, 11) is -3.88. The second-order valence-corrected chi connectivity index (χ2v) is 11.4. The number of benzene rings is 2. The van der Waals surface area contributed by atoms with Gasteiger partial charge in [0.15, 0.2) is 0 Å². The molecule has 0 aliphatic heterocycles. The molecule has 0 saturated carbocycles. The molecule has 0 fully saturated rings. The highest BCUT2D eigenvalue weighted by atomic mass is 35.5. The van der Waals surface area contributed by atoms with Crippen LogP contribution in [0.25, 0.3) is 0 Å². The minimum atomic E-state index is -3.88. The molecule has 2 rings (SSSR count). The Hall–Kier alpha value is -1.71. The second kappa shape index (κ2) is 13.0. The fourth-order valence-corrected chi connectivity index (χ4v) is 4.83. The average Bonchev–Trinajstić information content (AvgIpc) is 2.79. The third-order valence-corrected chi connectivity index (χ3v) is 7.76. The first-order valence-electron chi connectivity index (χ1n) is 10.8. The lowest BCUT2D eigenvalue weighted by Gasteiger charge is -2.33. The molecular formula is C23H27Cl4N3O4S. The fraction of sp³-hybridized carbons (Fsp3) is 0.391. The van der Waals surface area contributed by atoms with Gasteiger partial charge in [0.1, 0.15) is 12.6 Å². The van der Waals surface area contributed by atoms with Crippen LogP contribution in [0.3, 0.4) is 0 Å². The fourth-order valence-electron chi connectivity index (χ4n) is 3.37. The van der Waals surface area contributed by atoms with Gasteiger partial charge in [-0.15, -0.1) is 0 Å². The van der Waals surface area contributed by atoms with Crippen LogP contribution < -0.4 is 9.62 Å². The van der Waals surface area contributed by atoms with Gasteiger partial charge < -0.3 is 10.2 Å². The van der Waals surface area contributed by atoms with Crippen LogP contribution in [-0.2, 0) is 26.2 Å². The van der Waals surface area contributed by atoms with E-state index in [0.29, 0.717) is 28.6 Å². The first kappa shape index (κ1) is 29.5. The van der Waals surface area contributed by atoms with Crippen LogP contribution in [0.15, 0.2) is 36.4 Å². The number of amides is 2. The molecule has 0 spiro atoms. The van der Waals surface area contributed by atoms with Crippen molar-refractivity contribution in [2.45, 2.75) is 39.3 Å². The number of halogens is 4. The van der Waals surface area contributed by atoms with Gasteiger partial charge >= 0.3 is 0 Å². The van der Waals surface area contributed by atoms with E-state index in [-0.39, 0.29) is 28.2 Å². The molecule has 2 amide bonds. The van der Waals surface area contributed by atoms with Crippen LogP contribution >= 0.6 is 46.4 Å². The molecule has 35 heavy (non-hydrogen) atoms. The van der Waals surface area contributed by atoms with Crippen LogP contribution in [0, 0.1) is 0 Å². The Morgan fingerprint density at radius 2 is 1.54 bits per heavy atom. The summed E-state index contributed by atoms with van der Waals surface area (Å²) in [4.78, 5) is 27.8. The van der Waals surface area contributed by atoms with Crippen molar-refractivity contribution in [1.82, 2.24) is 10.2 Å². The van der Waals surface area contributed by atoms with Gasteiger partial charge in [0.25, 0.3) is 0 Å². The van der Waals surface area contributed by atoms with Crippen molar-refractivity contribution in [3.05, 3.63) is 62.1 Å². The molecule has 0 unspecified atom stereocenters. The van der Waals surface area contributed by atoms with Crippen LogP contribution in [0.2, 0.25) is 20.1 Å². The van der Waals surface area contributed by atoms with Gasteiger partial charge in [0, 0.05) is 13.1 Å². The third kappa shape index (κ3) is 8.15. The number of anilines is 1. The molecule has 0 aliphatic carbocycles. The molecule has 0 radical (unpaired) electrons. The standard InChI is InChI=1S/C23H27Cl4N3O4S/c1-4-10-28-23(32)21(5-2)29(13-15-6-8-17(24)19(26)11-15)22(31)14-30(35(3,33)34)16-7-9-18(25)20(27)12-16/h6-9,11-12,21H,4-5,10,13-14H2,1-3H3,(H,28,32)/t21-/m1/s1. The average molecular weight is 583 g/mol. The van der Waals surface area contributed by atoms with Gasteiger partial charge in [-0.2, -0.15) is 0 Å². The lowest BCUT2D eigenvalue weighted by atomic mass is 10.1. The van der Waals surface area contributed by atoms with Crippen molar-refractivity contribution >= 4 is 73.9 Å². The molecule has 192 valence electrons. The van der Waals surface area contributed by atoms with E-state index in [2.05, 4.69) is 5.32 Å². The van der Waals surface area contributed by atoms with E-state index in [9.17, 15) is 18.0 Å². The van der Waals surface area contributed by atoms with Gasteiger partial charge in [0.2, 0.25) is 21.8 Å². The quantitative estimate of drug-likeness (QED) is 0.384. The molecule has 0 bridgehead atoms. The monoisotopic (exact) mass is 581 g/mol. The molecule has 2 aromatic carbocycles. The zero-order chi connectivity index (χ0) is 26.3. The van der Waals surface area contributed by atoms with Crippen LogP contribution in [-0.4, -0.2) is 50.5 Å². The normalized spacial score (nSPS) is 12.2. The molecule has 0 saturated heterocycles. The van der Waals surface area contributed by atoms with Gasteiger partial charge in [-0.1, -0.05) is 66.3 Å². The Labute approximate surface area is 226 Å². The van der Waals surface area contributed by atoms with E-state index in [1.165, 1.54) is 23.1 Å². The number of sulfonamides is 1. The zero-order valence-electron chi connectivity index (χ0n) is 19.5. The Bertz CT molecular complexity index is 1180. The Morgan fingerprint density at radius 1 is 0.943 bits per heavy atom. The molecule has 0 aliphatic rings. The van der Waals surface area contributed by atoms with Gasteiger partial charge in [-0.25, -0.2) is 8.42 Å². The van der Waals surface area contributed by atoms with Crippen molar-refractivity contribution in [2.24, 2.45) is 0 Å². The van der Waals surface area contributed by atoms with E-state index >= 15 is 0 Å². The minimum Gasteiger partial charge on any atom is -0.354 e. The summed E-state index contributed by atoms with van der Waals surface area (Å²) in [6.07, 6.45) is 2.02. The van der Waals surface area contributed by atoms with E-state index in [4.69, 9.17) is 46.4 Å². The van der Waals surface area contributed by atoms with Crippen molar-refractivity contribution in [2.75, 3.05) is 23.7 Å².